The number of carbonyl (C=O) groups excluding carboxylic acids is 1. The average molecular weight is 244 g/mol. The minimum atomic E-state index is 0.208. The van der Waals surface area contributed by atoms with E-state index in [0.29, 0.717) is 19.3 Å². The van der Waals surface area contributed by atoms with E-state index in [4.69, 9.17) is 9.15 Å². The van der Waals surface area contributed by atoms with Crippen molar-refractivity contribution in [2.75, 3.05) is 7.11 Å². The van der Waals surface area contributed by atoms with Gasteiger partial charge in [0.2, 0.25) is 0 Å². The summed E-state index contributed by atoms with van der Waals surface area (Å²) in [5.74, 6) is 1.85. The Balaban J connectivity index is 1.86. The summed E-state index contributed by atoms with van der Waals surface area (Å²) in [5, 5.41) is 0. The van der Waals surface area contributed by atoms with Gasteiger partial charge in [-0.2, -0.15) is 0 Å². The van der Waals surface area contributed by atoms with E-state index in [-0.39, 0.29) is 5.78 Å². The summed E-state index contributed by atoms with van der Waals surface area (Å²) in [5.41, 5.74) is 0.985. The van der Waals surface area contributed by atoms with Gasteiger partial charge in [-0.15, -0.1) is 0 Å². The lowest BCUT2D eigenvalue weighted by Crippen LogP contribution is -2.04. The van der Waals surface area contributed by atoms with Gasteiger partial charge in [0.1, 0.15) is 17.3 Å². The number of ketones is 1. The number of furan rings is 1. The summed E-state index contributed by atoms with van der Waals surface area (Å²) in [6.45, 7) is 0. The predicted molar refractivity (Wildman–Crippen MR) is 68.7 cm³/mol. The van der Waals surface area contributed by atoms with Crippen molar-refractivity contribution in [1.82, 2.24) is 0 Å². The van der Waals surface area contributed by atoms with Crippen LogP contribution in [0.3, 0.4) is 0 Å². The van der Waals surface area contributed by atoms with Crippen LogP contribution in [0.5, 0.6) is 5.75 Å². The van der Waals surface area contributed by atoms with Gasteiger partial charge in [0, 0.05) is 19.3 Å². The topological polar surface area (TPSA) is 39.4 Å². The van der Waals surface area contributed by atoms with Crippen LogP contribution in [-0.4, -0.2) is 12.9 Å². The number of Topliss-reactive ketones (excluding diaryl/α,β-unsaturated/α-hetero) is 1. The molecule has 1 heterocycles. The molecule has 0 fully saturated rings. The van der Waals surface area contributed by atoms with Gasteiger partial charge in [-0.3, -0.25) is 4.79 Å². The van der Waals surface area contributed by atoms with Gasteiger partial charge in [-0.05, 0) is 29.8 Å². The Kier molecular flexibility index (Phi) is 4.18. The molecule has 0 unspecified atom stereocenters. The summed E-state index contributed by atoms with van der Waals surface area (Å²) < 4.78 is 10.3. The summed E-state index contributed by atoms with van der Waals surface area (Å²) >= 11 is 0. The van der Waals surface area contributed by atoms with E-state index in [2.05, 4.69) is 0 Å². The fourth-order valence-electron chi connectivity index (χ4n) is 1.82. The normalized spacial score (nSPS) is 10.3. The number of carbonyl (C=O) groups is 1. The first-order chi connectivity index (χ1) is 8.78. The number of methoxy groups -OCH3 is 1. The second kappa shape index (κ2) is 6.05. The zero-order valence-electron chi connectivity index (χ0n) is 10.4. The lowest BCUT2D eigenvalue weighted by Gasteiger charge is -2.03. The standard InChI is InChI=1S/C15H16O3/c1-17-15-5-2-4-12(11-15)10-13(16)7-8-14-6-3-9-18-14/h2-6,9,11H,7-8,10H2,1H3. The van der Waals surface area contributed by atoms with Crippen LogP contribution in [0.4, 0.5) is 0 Å². The Hall–Kier alpha value is -2.03. The van der Waals surface area contributed by atoms with E-state index in [0.717, 1.165) is 17.1 Å². The van der Waals surface area contributed by atoms with E-state index >= 15 is 0 Å². The third-order valence-electron chi connectivity index (χ3n) is 2.77. The average Bonchev–Trinajstić information content (AvgIpc) is 2.90. The highest BCUT2D eigenvalue weighted by Crippen LogP contribution is 2.14. The summed E-state index contributed by atoms with van der Waals surface area (Å²) in [6.07, 6.45) is 3.24. The monoisotopic (exact) mass is 244 g/mol. The lowest BCUT2D eigenvalue weighted by molar-refractivity contribution is -0.118. The molecule has 0 amide bonds. The molecule has 0 aliphatic heterocycles. The summed E-state index contributed by atoms with van der Waals surface area (Å²) in [6, 6.07) is 11.3. The number of benzene rings is 1. The third-order valence-corrected chi connectivity index (χ3v) is 2.77. The molecule has 0 atom stereocenters. The van der Waals surface area contributed by atoms with Crippen LogP contribution in [0.25, 0.3) is 0 Å². The fraction of sp³-hybridized carbons (Fsp3) is 0.267. The highest BCUT2D eigenvalue weighted by atomic mass is 16.5. The molecule has 0 bridgehead atoms. The molecule has 2 aromatic rings. The molecular formula is C15H16O3. The van der Waals surface area contributed by atoms with Crippen LogP contribution in [0.2, 0.25) is 0 Å². The van der Waals surface area contributed by atoms with Crippen molar-refractivity contribution in [1.29, 1.82) is 0 Å². The van der Waals surface area contributed by atoms with Crippen molar-refractivity contribution in [3.63, 3.8) is 0 Å². The minimum absolute atomic E-state index is 0.208. The molecule has 1 aromatic carbocycles. The maximum Gasteiger partial charge on any atom is 0.137 e. The molecule has 3 heteroatoms. The molecule has 3 nitrogen and oxygen atoms in total. The van der Waals surface area contributed by atoms with Gasteiger partial charge < -0.3 is 9.15 Å². The molecule has 1 aromatic heterocycles. The van der Waals surface area contributed by atoms with Gasteiger partial charge in [0.15, 0.2) is 0 Å². The second-order valence-electron chi connectivity index (χ2n) is 4.15. The van der Waals surface area contributed by atoms with Crippen molar-refractivity contribution in [3.05, 3.63) is 54.0 Å². The Morgan fingerprint density at radius 3 is 2.89 bits per heavy atom. The van der Waals surface area contributed by atoms with Crippen LogP contribution < -0.4 is 4.74 Å². The van der Waals surface area contributed by atoms with Crippen LogP contribution >= 0.6 is 0 Å². The van der Waals surface area contributed by atoms with Gasteiger partial charge in [0.05, 0.1) is 13.4 Å². The van der Waals surface area contributed by atoms with Crippen molar-refractivity contribution < 1.29 is 13.9 Å². The molecule has 0 saturated carbocycles. The maximum atomic E-state index is 11.8. The van der Waals surface area contributed by atoms with E-state index in [1.165, 1.54) is 0 Å². The predicted octanol–water partition coefficient (Wildman–Crippen LogP) is 3.03. The molecule has 0 saturated heterocycles. The Labute approximate surface area is 106 Å². The van der Waals surface area contributed by atoms with Crippen molar-refractivity contribution in [3.8, 4) is 5.75 Å². The summed E-state index contributed by atoms with van der Waals surface area (Å²) in [4.78, 5) is 11.8. The van der Waals surface area contributed by atoms with Gasteiger partial charge in [0.25, 0.3) is 0 Å². The van der Waals surface area contributed by atoms with E-state index in [1.807, 2.05) is 36.4 Å². The van der Waals surface area contributed by atoms with Gasteiger partial charge in [-0.1, -0.05) is 12.1 Å². The van der Waals surface area contributed by atoms with Crippen LogP contribution in [0.15, 0.2) is 47.1 Å². The van der Waals surface area contributed by atoms with Crippen LogP contribution in [0.1, 0.15) is 17.7 Å². The minimum Gasteiger partial charge on any atom is -0.497 e. The molecule has 2 rings (SSSR count). The van der Waals surface area contributed by atoms with E-state index in [1.54, 1.807) is 13.4 Å². The van der Waals surface area contributed by atoms with Gasteiger partial charge >= 0.3 is 0 Å². The number of ether oxygens (including phenoxy) is 1. The van der Waals surface area contributed by atoms with Crippen LogP contribution in [0, 0.1) is 0 Å². The fourth-order valence-corrected chi connectivity index (χ4v) is 1.82. The highest BCUT2D eigenvalue weighted by Gasteiger charge is 2.06. The maximum absolute atomic E-state index is 11.8. The first kappa shape index (κ1) is 12.4. The highest BCUT2D eigenvalue weighted by molar-refractivity contribution is 5.81. The molecule has 18 heavy (non-hydrogen) atoms. The third kappa shape index (κ3) is 3.48. The number of hydrogen-bond donors (Lipinski definition) is 0. The first-order valence-corrected chi connectivity index (χ1v) is 5.95. The molecule has 0 aliphatic carbocycles. The number of hydrogen-bond acceptors (Lipinski definition) is 3. The Morgan fingerprint density at radius 1 is 1.28 bits per heavy atom. The van der Waals surface area contributed by atoms with Crippen LogP contribution in [-0.2, 0) is 17.6 Å². The smallest absolute Gasteiger partial charge is 0.137 e. The largest absolute Gasteiger partial charge is 0.497 e. The zero-order chi connectivity index (χ0) is 12.8. The SMILES string of the molecule is COc1cccc(CC(=O)CCc2ccco2)c1. The lowest BCUT2D eigenvalue weighted by atomic mass is 10.0. The quantitative estimate of drug-likeness (QED) is 0.784. The molecule has 0 spiro atoms. The van der Waals surface area contributed by atoms with E-state index < -0.39 is 0 Å². The Morgan fingerprint density at radius 2 is 2.17 bits per heavy atom. The number of aryl methyl sites for hydroxylation is 1. The molecule has 94 valence electrons. The first-order valence-electron chi connectivity index (χ1n) is 5.95. The summed E-state index contributed by atoms with van der Waals surface area (Å²) in [7, 11) is 1.62. The zero-order valence-corrected chi connectivity index (χ0v) is 10.4. The molecule has 0 N–H and O–H groups in total. The van der Waals surface area contributed by atoms with E-state index in [9.17, 15) is 4.79 Å². The van der Waals surface area contributed by atoms with Crippen molar-refractivity contribution in [2.24, 2.45) is 0 Å². The molecular weight excluding hydrogens is 228 g/mol. The second-order valence-corrected chi connectivity index (χ2v) is 4.15. The Bertz CT molecular complexity index is 500. The molecule has 0 radical (unpaired) electrons. The van der Waals surface area contributed by atoms with Gasteiger partial charge in [-0.25, -0.2) is 0 Å². The number of rotatable bonds is 6. The molecule has 0 aliphatic rings. The van der Waals surface area contributed by atoms with Crippen molar-refractivity contribution in [2.45, 2.75) is 19.3 Å². The van der Waals surface area contributed by atoms with Crippen molar-refractivity contribution >= 4 is 5.78 Å².